The van der Waals surface area contributed by atoms with Gasteiger partial charge in [0.05, 0.1) is 0 Å². The Labute approximate surface area is 83.4 Å². The standard InChI is InChI=1S/C10H9P3/c1-2-4-9(5-3-1)13-10-8-11-6-7-12-10/h1-8,13H. The van der Waals surface area contributed by atoms with E-state index in [4.69, 9.17) is 0 Å². The molecule has 0 aliphatic rings. The van der Waals surface area contributed by atoms with E-state index in [-0.39, 0.29) is 0 Å². The van der Waals surface area contributed by atoms with Crippen molar-refractivity contribution in [3.8, 4) is 0 Å². The largest absolute Gasteiger partial charge is 0.0751 e. The molecule has 2 aromatic rings. The van der Waals surface area contributed by atoms with E-state index in [1.54, 1.807) is 0 Å². The van der Waals surface area contributed by atoms with E-state index >= 15 is 0 Å². The molecule has 0 N–H and O–H groups in total. The number of hydrogen-bond acceptors (Lipinski definition) is 0. The fraction of sp³-hybridized carbons (Fsp3) is 0. The molecule has 0 bridgehead atoms. The summed E-state index contributed by atoms with van der Waals surface area (Å²) >= 11 is 0. The van der Waals surface area contributed by atoms with Crippen LogP contribution < -0.4 is 10.3 Å². The zero-order chi connectivity index (χ0) is 8.93. The normalized spacial score (nSPS) is 12.0. The lowest BCUT2D eigenvalue weighted by molar-refractivity contribution is 1.78. The van der Waals surface area contributed by atoms with Crippen LogP contribution in [0.3, 0.4) is 0 Å². The fourth-order valence-electron chi connectivity index (χ4n) is 1.03. The van der Waals surface area contributed by atoms with Gasteiger partial charge in [-0.25, -0.2) is 0 Å². The summed E-state index contributed by atoms with van der Waals surface area (Å²) in [4.78, 5) is 0. The molecule has 1 aromatic carbocycles. The Morgan fingerprint density at radius 1 is 1.00 bits per heavy atom. The average molecular weight is 222 g/mol. The van der Waals surface area contributed by atoms with Crippen LogP contribution in [0.25, 0.3) is 0 Å². The summed E-state index contributed by atoms with van der Waals surface area (Å²) in [7, 11) is 3.55. The Kier molecular flexibility index (Phi) is 3.45. The van der Waals surface area contributed by atoms with Crippen LogP contribution in [0.1, 0.15) is 0 Å². The lowest BCUT2D eigenvalue weighted by atomic mass is 10.4. The second-order valence-electron chi connectivity index (χ2n) is 2.58. The summed E-state index contributed by atoms with van der Waals surface area (Å²) in [6.45, 7) is 0. The molecule has 0 spiro atoms. The van der Waals surface area contributed by atoms with E-state index in [2.05, 4.69) is 47.7 Å². The van der Waals surface area contributed by atoms with E-state index in [1.807, 2.05) is 0 Å². The molecule has 0 aliphatic carbocycles. The Hall–Kier alpha value is -0.270. The molecule has 0 amide bonds. The maximum atomic E-state index is 2.31. The molecular formula is C10H9P3. The highest BCUT2D eigenvalue weighted by atomic mass is 31.1. The van der Waals surface area contributed by atoms with Gasteiger partial charge in [-0.3, -0.25) is 0 Å². The van der Waals surface area contributed by atoms with Crippen molar-refractivity contribution in [3.05, 3.63) is 47.7 Å². The number of benzene rings is 1. The molecule has 1 aromatic heterocycles. The lowest BCUT2D eigenvalue weighted by Gasteiger charge is -1.99. The Morgan fingerprint density at radius 3 is 2.54 bits per heavy atom. The van der Waals surface area contributed by atoms with Crippen molar-refractivity contribution in [2.24, 2.45) is 0 Å². The van der Waals surface area contributed by atoms with E-state index < -0.39 is 0 Å². The van der Waals surface area contributed by atoms with Gasteiger partial charge in [-0.1, -0.05) is 55.3 Å². The summed E-state index contributed by atoms with van der Waals surface area (Å²) in [6.07, 6.45) is 0. The first-order chi connectivity index (χ1) is 6.45. The Balaban J connectivity index is 2.16. The first-order valence-corrected chi connectivity index (χ1v) is 7.03. The van der Waals surface area contributed by atoms with Gasteiger partial charge in [-0.15, -0.1) is 0 Å². The summed E-state index contributed by atoms with van der Waals surface area (Å²) < 4.78 is 0. The molecule has 0 aliphatic heterocycles. The van der Waals surface area contributed by atoms with Crippen molar-refractivity contribution < 1.29 is 0 Å². The van der Waals surface area contributed by atoms with Crippen LogP contribution in [-0.2, 0) is 0 Å². The van der Waals surface area contributed by atoms with Crippen LogP contribution in [0.5, 0.6) is 0 Å². The second kappa shape index (κ2) is 4.83. The zero-order valence-corrected chi connectivity index (χ0v) is 9.80. The van der Waals surface area contributed by atoms with Gasteiger partial charge < -0.3 is 0 Å². The lowest BCUT2D eigenvalue weighted by Crippen LogP contribution is -1.97. The first kappa shape index (κ1) is 9.29. The molecule has 0 radical (unpaired) electrons. The smallest absolute Gasteiger partial charge is 0.00897 e. The van der Waals surface area contributed by atoms with Crippen molar-refractivity contribution in [3.63, 3.8) is 0 Å². The number of hydrogen-bond donors (Lipinski definition) is 0. The van der Waals surface area contributed by atoms with E-state index in [0.717, 1.165) is 8.58 Å². The summed E-state index contributed by atoms with van der Waals surface area (Å²) in [6, 6.07) is 10.7. The van der Waals surface area contributed by atoms with Gasteiger partial charge in [0.25, 0.3) is 0 Å². The Morgan fingerprint density at radius 2 is 1.85 bits per heavy atom. The van der Waals surface area contributed by atoms with Crippen molar-refractivity contribution in [1.29, 1.82) is 0 Å². The summed E-state index contributed by atoms with van der Waals surface area (Å²) in [5, 5.41) is 2.97. The molecule has 2 rings (SSSR count). The Bertz CT molecular complexity index is 321. The van der Waals surface area contributed by atoms with Crippen molar-refractivity contribution >= 4 is 35.3 Å². The quantitative estimate of drug-likeness (QED) is 0.682. The number of rotatable bonds is 2. The molecular weight excluding hydrogens is 213 g/mol. The average Bonchev–Trinajstić information content (AvgIpc) is 2.21. The van der Waals surface area contributed by atoms with E-state index in [9.17, 15) is 0 Å². The van der Waals surface area contributed by atoms with Gasteiger partial charge in [0, 0.05) is 5.04 Å². The van der Waals surface area contributed by atoms with Crippen molar-refractivity contribution in [2.75, 3.05) is 0 Å². The molecule has 0 nitrogen and oxygen atoms in total. The van der Waals surface area contributed by atoms with Gasteiger partial charge in [-0.2, -0.15) is 0 Å². The van der Waals surface area contributed by atoms with E-state index in [1.165, 1.54) is 26.7 Å². The maximum Gasteiger partial charge on any atom is 0.00897 e. The summed E-state index contributed by atoms with van der Waals surface area (Å²) in [5.41, 5.74) is 0. The third-order valence-corrected chi connectivity index (χ3v) is 5.47. The molecule has 0 saturated heterocycles. The van der Waals surface area contributed by atoms with Crippen molar-refractivity contribution in [2.45, 2.75) is 0 Å². The molecule has 1 heterocycles. The SMILES string of the molecule is c1ccc(Pc2cpccp2)cc1. The minimum atomic E-state index is 0.844. The third kappa shape index (κ3) is 2.85. The predicted octanol–water partition coefficient (Wildman–Crippen LogP) is 3.48. The molecule has 0 saturated carbocycles. The van der Waals surface area contributed by atoms with Crippen LogP contribution in [0.15, 0.2) is 47.7 Å². The molecule has 1 atom stereocenters. The minimum Gasteiger partial charge on any atom is -0.0751 e. The molecule has 64 valence electrons. The third-order valence-electron chi connectivity index (χ3n) is 1.61. The fourth-order valence-corrected chi connectivity index (χ4v) is 4.47. The maximum absolute atomic E-state index is 2.31. The van der Waals surface area contributed by atoms with Crippen LogP contribution in [-0.4, -0.2) is 0 Å². The van der Waals surface area contributed by atoms with E-state index in [0.29, 0.717) is 0 Å². The minimum absolute atomic E-state index is 0.844. The van der Waals surface area contributed by atoms with Gasteiger partial charge in [0.1, 0.15) is 0 Å². The predicted molar refractivity (Wildman–Crippen MR) is 65.5 cm³/mol. The van der Waals surface area contributed by atoms with Gasteiger partial charge >= 0.3 is 0 Å². The van der Waals surface area contributed by atoms with Gasteiger partial charge in [-0.05, 0) is 22.7 Å². The van der Waals surface area contributed by atoms with Crippen LogP contribution in [0.4, 0.5) is 0 Å². The van der Waals surface area contributed by atoms with Gasteiger partial charge in [0.2, 0.25) is 0 Å². The van der Waals surface area contributed by atoms with Crippen LogP contribution in [0.2, 0.25) is 0 Å². The highest BCUT2D eigenvalue weighted by molar-refractivity contribution is 7.67. The molecule has 3 heteroatoms. The monoisotopic (exact) mass is 222 g/mol. The van der Waals surface area contributed by atoms with Crippen molar-refractivity contribution in [1.82, 2.24) is 0 Å². The first-order valence-electron chi connectivity index (χ1n) is 4.03. The van der Waals surface area contributed by atoms with Crippen LogP contribution >= 0.6 is 25.0 Å². The highest BCUT2D eigenvalue weighted by Gasteiger charge is 1.93. The summed E-state index contributed by atoms with van der Waals surface area (Å²) in [5.74, 6) is 6.74. The topological polar surface area (TPSA) is 0 Å². The molecule has 13 heavy (non-hydrogen) atoms. The second-order valence-corrected chi connectivity index (χ2v) is 6.26. The molecule has 0 fully saturated rings. The molecule has 1 unspecified atom stereocenters. The van der Waals surface area contributed by atoms with Crippen LogP contribution in [0, 0.1) is 0 Å². The van der Waals surface area contributed by atoms with Gasteiger partial charge in [0.15, 0.2) is 0 Å². The highest BCUT2D eigenvalue weighted by Crippen LogP contribution is 2.19. The zero-order valence-electron chi connectivity index (χ0n) is 7.01.